The van der Waals surface area contributed by atoms with Crippen molar-refractivity contribution in [3.8, 4) is 0 Å². The lowest BCUT2D eigenvalue weighted by Gasteiger charge is -2.21. The van der Waals surface area contributed by atoms with Crippen LogP contribution in [0.5, 0.6) is 0 Å². The molecule has 172 valence electrons. The Kier molecular flexibility index (Phi) is 9.41. The number of pyridine rings is 2. The summed E-state index contributed by atoms with van der Waals surface area (Å²) in [7, 11) is 1.26. The molecule has 3 heterocycles. The van der Waals surface area contributed by atoms with Crippen molar-refractivity contribution in [2.24, 2.45) is 0 Å². The molecule has 1 fully saturated rings. The standard InChI is InChI=1S/C21H29BN3O6P/c1-25(21-8-5-7-18(24-21)10-9-17-6-3-4-13-23-17)14-15-28-32(26,31-27-2)29-16-19-11-12-20(22)30-19/h3-10,13,19-20H,11-12,14-16,22H2,1-2H3/b10-9+. The van der Waals surface area contributed by atoms with Crippen molar-refractivity contribution in [1.82, 2.24) is 9.97 Å². The fourth-order valence-corrected chi connectivity index (χ4v) is 4.15. The highest BCUT2D eigenvalue weighted by Crippen LogP contribution is 2.49. The van der Waals surface area contributed by atoms with E-state index in [2.05, 4.69) is 14.9 Å². The molecule has 3 unspecified atom stereocenters. The third kappa shape index (κ3) is 7.81. The molecule has 9 nitrogen and oxygen atoms in total. The van der Waals surface area contributed by atoms with Crippen LogP contribution in [0.1, 0.15) is 24.2 Å². The maximum Gasteiger partial charge on any atom is 0.502 e. The predicted molar refractivity (Wildman–Crippen MR) is 125 cm³/mol. The molecule has 3 atom stereocenters. The number of phosphoric acid groups is 1. The second-order valence-electron chi connectivity index (χ2n) is 7.39. The Morgan fingerprint density at radius 2 is 2.00 bits per heavy atom. The first-order chi connectivity index (χ1) is 15.5. The normalized spacial score (nSPS) is 20.4. The number of aromatic nitrogens is 2. The molecule has 0 N–H and O–H groups in total. The van der Waals surface area contributed by atoms with Crippen molar-refractivity contribution in [1.29, 1.82) is 0 Å². The number of rotatable bonds is 12. The number of likely N-dealkylation sites (N-methyl/N-ethyl adjacent to an activating group) is 1. The van der Waals surface area contributed by atoms with Crippen LogP contribution in [0.3, 0.4) is 0 Å². The Morgan fingerprint density at radius 1 is 1.19 bits per heavy atom. The van der Waals surface area contributed by atoms with Crippen molar-refractivity contribution in [2.75, 3.05) is 38.8 Å². The molecule has 0 bridgehead atoms. The molecule has 32 heavy (non-hydrogen) atoms. The third-order valence-corrected chi connectivity index (χ3v) is 6.14. The van der Waals surface area contributed by atoms with Gasteiger partial charge in [-0.1, -0.05) is 12.1 Å². The zero-order valence-corrected chi connectivity index (χ0v) is 19.5. The second-order valence-corrected chi connectivity index (χ2v) is 8.95. The number of nitrogens with zero attached hydrogens (tertiary/aromatic N) is 3. The van der Waals surface area contributed by atoms with Crippen molar-refractivity contribution < 1.29 is 27.9 Å². The minimum atomic E-state index is -3.86. The first kappa shape index (κ1) is 24.6. The number of hydrogen-bond acceptors (Lipinski definition) is 9. The fourth-order valence-electron chi connectivity index (χ4n) is 3.15. The molecule has 0 amide bonds. The number of hydrogen-bond donors (Lipinski definition) is 0. The van der Waals surface area contributed by atoms with Crippen molar-refractivity contribution >= 4 is 33.6 Å². The van der Waals surface area contributed by atoms with E-state index in [0.717, 1.165) is 30.0 Å². The van der Waals surface area contributed by atoms with Crippen LogP contribution < -0.4 is 4.90 Å². The fraction of sp³-hybridized carbons (Fsp3) is 0.429. The predicted octanol–water partition coefficient (Wildman–Crippen LogP) is 2.94. The van der Waals surface area contributed by atoms with Crippen LogP contribution in [0.4, 0.5) is 5.82 Å². The molecule has 1 saturated heterocycles. The van der Waals surface area contributed by atoms with E-state index in [0.29, 0.717) is 6.54 Å². The van der Waals surface area contributed by atoms with Crippen LogP contribution in [-0.2, 0) is 27.9 Å². The van der Waals surface area contributed by atoms with Gasteiger partial charge < -0.3 is 9.64 Å². The Bertz CT molecular complexity index is 919. The molecule has 0 saturated carbocycles. The highest BCUT2D eigenvalue weighted by molar-refractivity contribution is 7.48. The molecule has 3 rings (SSSR count). The Morgan fingerprint density at radius 3 is 2.72 bits per heavy atom. The van der Waals surface area contributed by atoms with Crippen LogP contribution in [0.25, 0.3) is 12.2 Å². The molecule has 1 aliphatic heterocycles. The van der Waals surface area contributed by atoms with E-state index in [9.17, 15) is 4.57 Å². The van der Waals surface area contributed by atoms with Gasteiger partial charge in [-0.3, -0.25) is 14.0 Å². The summed E-state index contributed by atoms with van der Waals surface area (Å²) in [5.74, 6) is 0.744. The minimum absolute atomic E-state index is 0.0920. The molecule has 0 aromatic carbocycles. The van der Waals surface area contributed by atoms with Gasteiger partial charge in [0, 0.05) is 25.8 Å². The lowest BCUT2D eigenvalue weighted by atomic mass is 9.97. The monoisotopic (exact) mass is 461 g/mol. The van der Waals surface area contributed by atoms with Crippen LogP contribution in [0.15, 0.2) is 42.6 Å². The van der Waals surface area contributed by atoms with Crippen LogP contribution in [0, 0.1) is 0 Å². The summed E-state index contributed by atoms with van der Waals surface area (Å²) in [5.41, 5.74) is 1.65. The second kappa shape index (κ2) is 12.2. The van der Waals surface area contributed by atoms with E-state index in [1.165, 1.54) is 7.11 Å². The summed E-state index contributed by atoms with van der Waals surface area (Å²) in [5, 5.41) is 0. The van der Waals surface area contributed by atoms with E-state index < -0.39 is 7.82 Å². The van der Waals surface area contributed by atoms with E-state index >= 15 is 0 Å². The number of anilines is 1. The van der Waals surface area contributed by atoms with Gasteiger partial charge in [0.05, 0.1) is 37.8 Å². The van der Waals surface area contributed by atoms with Gasteiger partial charge >= 0.3 is 7.82 Å². The lowest BCUT2D eigenvalue weighted by molar-refractivity contribution is -0.202. The van der Waals surface area contributed by atoms with Crippen molar-refractivity contribution in [2.45, 2.75) is 24.9 Å². The smallest absolute Gasteiger partial charge is 0.382 e. The Hall–Kier alpha value is -2.07. The largest absolute Gasteiger partial charge is 0.502 e. The van der Waals surface area contributed by atoms with Gasteiger partial charge in [-0.15, -0.1) is 4.67 Å². The van der Waals surface area contributed by atoms with Gasteiger partial charge in [0.2, 0.25) is 0 Å². The molecule has 2 aromatic heterocycles. The zero-order valence-electron chi connectivity index (χ0n) is 18.6. The topological polar surface area (TPSA) is 92.2 Å². The van der Waals surface area contributed by atoms with E-state index in [1.54, 1.807) is 6.20 Å². The van der Waals surface area contributed by atoms with Crippen LogP contribution in [-0.4, -0.2) is 63.8 Å². The quantitative estimate of drug-likeness (QED) is 0.205. The summed E-state index contributed by atoms with van der Waals surface area (Å²) in [6, 6.07) is 11.6. The maximum atomic E-state index is 12.7. The van der Waals surface area contributed by atoms with Crippen molar-refractivity contribution in [3.05, 3.63) is 54.0 Å². The molecular weight excluding hydrogens is 432 g/mol. The molecule has 11 heteroatoms. The summed E-state index contributed by atoms with van der Waals surface area (Å²) in [6.45, 7) is 0.625. The zero-order chi connectivity index (χ0) is 22.8. The lowest BCUT2D eigenvalue weighted by Crippen LogP contribution is -2.24. The van der Waals surface area contributed by atoms with E-state index in [-0.39, 0.29) is 25.3 Å². The van der Waals surface area contributed by atoms with Gasteiger partial charge in [0.25, 0.3) is 0 Å². The summed E-state index contributed by atoms with van der Waals surface area (Å²) >= 11 is 0. The van der Waals surface area contributed by atoms with E-state index in [1.807, 2.05) is 68.3 Å². The molecule has 0 spiro atoms. The number of phosphoric ester groups is 1. The first-order valence-electron chi connectivity index (χ1n) is 10.5. The molecule has 1 aliphatic rings. The highest BCUT2D eigenvalue weighted by atomic mass is 31.2. The van der Waals surface area contributed by atoms with Crippen LogP contribution >= 0.6 is 7.82 Å². The van der Waals surface area contributed by atoms with Gasteiger partial charge in [-0.2, -0.15) is 0 Å². The first-order valence-corrected chi connectivity index (χ1v) is 12.0. The summed E-state index contributed by atoms with van der Waals surface area (Å²) in [6.07, 6.45) is 7.20. The molecular formula is C21H29BN3O6P. The van der Waals surface area contributed by atoms with Gasteiger partial charge in [0.15, 0.2) is 0 Å². The number of ether oxygens (including phenoxy) is 1. The Balaban J connectivity index is 1.50. The van der Waals surface area contributed by atoms with Gasteiger partial charge in [-0.25, -0.2) is 14.4 Å². The third-order valence-electron chi connectivity index (χ3n) is 4.84. The van der Waals surface area contributed by atoms with Crippen LogP contribution in [0.2, 0.25) is 0 Å². The average molecular weight is 461 g/mol. The average Bonchev–Trinajstić information content (AvgIpc) is 3.23. The maximum absolute atomic E-state index is 12.7. The van der Waals surface area contributed by atoms with Crippen molar-refractivity contribution in [3.63, 3.8) is 0 Å². The summed E-state index contributed by atoms with van der Waals surface area (Å²) < 4.78 is 34.0. The molecule has 2 aromatic rings. The minimum Gasteiger partial charge on any atom is -0.382 e. The SMILES string of the molecule is BC1CCC(COP(=O)(OCCN(C)c2cccc(/C=C/c3ccccn3)n2)OOC)O1. The van der Waals surface area contributed by atoms with Gasteiger partial charge in [0.1, 0.15) is 13.7 Å². The molecule has 0 radical (unpaired) electrons. The molecule has 0 aliphatic carbocycles. The van der Waals surface area contributed by atoms with Gasteiger partial charge in [-0.05, 0) is 49.3 Å². The summed E-state index contributed by atoms with van der Waals surface area (Å²) in [4.78, 5) is 15.3. The highest BCUT2D eigenvalue weighted by Gasteiger charge is 2.31. The van der Waals surface area contributed by atoms with E-state index in [4.69, 9.17) is 18.5 Å². The Labute approximate surface area is 189 Å².